The molecule has 0 aliphatic carbocycles. The van der Waals surface area contributed by atoms with E-state index in [4.69, 9.17) is 0 Å². The van der Waals surface area contributed by atoms with Gasteiger partial charge in [-0.25, -0.2) is 4.98 Å². The minimum Gasteiger partial charge on any atom is -0.354 e. The normalized spacial score (nSPS) is 12.3. The number of hydrogen-bond donors (Lipinski definition) is 1. The summed E-state index contributed by atoms with van der Waals surface area (Å²) in [6.07, 6.45) is 0.768. The van der Waals surface area contributed by atoms with Crippen LogP contribution in [-0.4, -0.2) is 36.4 Å². The van der Waals surface area contributed by atoms with Crippen LogP contribution in [0.4, 0.5) is 0 Å². The molecule has 1 aromatic heterocycles. The number of carbonyl (C=O) groups is 1. The van der Waals surface area contributed by atoms with Gasteiger partial charge in [0.05, 0.1) is 11.2 Å². The lowest BCUT2D eigenvalue weighted by molar-refractivity contribution is -0.125. The molecule has 0 bridgehead atoms. The Morgan fingerprint density at radius 1 is 1.35 bits per heavy atom. The molecule has 0 radical (unpaired) electrons. The average molecular weight is 289 g/mol. The molecule has 20 heavy (non-hydrogen) atoms. The van der Waals surface area contributed by atoms with E-state index < -0.39 is 0 Å². The zero-order valence-corrected chi connectivity index (χ0v) is 12.6. The molecule has 0 saturated carbocycles. The third-order valence-corrected chi connectivity index (χ3v) is 3.68. The van der Waals surface area contributed by atoms with Gasteiger partial charge in [-0.2, -0.15) is 0 Å². The minimum absolute atomic E-state index is 0.0245. The van der Waals surface area contributed by atoms with Crippen molar-refractivity contribution in [3.8, 4) is 0 Å². The lowest BCUT2D eigenvalue weighted by Gasteiger charge is -2.23. The molecular weight excluding hydrogens is 270 g/mol. The van der Waals surface area contributed by atoms with E-state index in [-0.39, 0.29) is 11.9 Å². The lowest BCUT2D eigenvalue weighted by atomic mass is 10.1. The molecule has 0 saturated heterocycles. The first kappa shape index (κ1) is 14.7. The Labute approximate surface area is 123 Å². The number of hydrogen-bond acceptors (Lipinski definition) is 4. The molecule has 106 valence electrons. The van der Waals surface area contributed by atoms with Crippen LogP contribution in [0.5, 0.6) is 0 Å². The number of rotatable bonds is 6. The van der Waals surface area contributed by atoms with Gasteiger partial charge in [0.15, 0.2) is 0 Å². The molecule has 0 spiro atoms. The molecule has 4 nitrogen and oxygen atoms in total. The van der Waals surface area contributed by atoms with Crippen molar-refractivity contribution in [2.45, 2.75) is 12.5 Å². The Kier molecular flexibility index (Phi) is 5.26. The number of aromatic nitrogens is 1. The van der Waals surface area contributed by atoms with Crippen LogP contribution < -0.4 is 5.32 Å². The number of carbonyl (C=O) groups excluding carboxylic acids is 1. The Hall–Kier alpha value is -1.72. The van der Waals surface area contributed by atoms with Crippen molar-refractivity contribution in [3.05, 3.63) is 52.5 Å². The van der Waals surface area contributed by atoms with Crippen LogP contribution in [0.1, 0.15) is 17.3 Å². The molecule has 1 atom stereocenters. The van der Waals surface area contributed by atoms with Gasteiger partial charge in [-0.3, -0.25) is 9.69 Å². The summed E-state index contributed by atoms with van der Waals surface area (Å²) < 4.78 is 0. The number of thiazole rings is 1. The second-order valence-corrected chi connectivity index (χ2v) is 5.52. The van der Waals surface area contributed by atoms with E-state index in [2.05, 4.69) is 10.3 Å². The predicted molar refractivity (Wildman–Crippen MR) is 81.7 cm³/mol. The van der Waals surface area contributed by atoms with Gasteiger partial charge in [-0.1, -0.05) is 30.3 Å². The van der Waals surface area contributed by atoms with Crippen LogP contribution in [0.15, 0.2) is 41.2 Å². The molecule has 5 heteroatoms. The largest absolute Gasteiger partial charge is 0.354 e. The van der Waals surface area contributed by atoms with Crippen molar-refractivity contribution in [2.75, 3.05) is 20.6 Å². The van der Waals surface area contributed by atoms with Crippen LogP contribution in [-0.2, 0) is 11.2 Å². The Morgan fingerprint density at radius 3 is 2.70 bits per heavy atom. The fourth-order valence-electron chi connectivity index (χ4n) is 2.09. The second-order valence-electron chi connectivity index (χ2n) is 4.80. The molecule has 0 aliphatic heterocycles. The smallest absolute Gasteiger partial charge is 0.241 e. The van der Waals surface area contributed by atoms with E-state index in [1.165, 1.54) is 0 Å². The minimum atomic E-state index is -0.258. The highest BCUT2D eigenvalue weighted by atomic mass is 32.1. The van der Waals surface area contributed by atoms with Crippen molar-refractivity contribution in [1.29, 1.82) is 0 Å². The summed E-state index contributed by atoms with van der Waals surface area (Å²) >= 11 is 1.57. The highest BCUT2D eigenvalue weighted by Gasteiger charge is 2.22. The van der Waals surface area contributed by atoms with Crippen LogP contribution >= 0.6 is 11.3 Å². The summed E-state index contributed by atoms with van der Waals surface area (Å²) in [6.45, 7) is 0.611. The zero-order valence-electron chi connectivity index (χ0n) is 11.7. The second kappa shape index (κ2) is 7.17. The third-order valence-electron chi connectivity index (χ3n) is 3.04. The third kappa shape index (κ3) is 3.88. The highest BCUT2D eigenvalue weighted by Crippen LogP contribution is 2.17. The fourth-order valence-corrected chi connectivity index (χ4v) is 2.68. The molecule has 2 aromatic rings. The van der Waals surface area contributed by atoms with Crippen molar-refractivity contribution in [3.63, 3.8) is 0 Å². The summed E-state index contributed by atoms with van der Waals surface area (Å²) in [5, 5.41) is 4.99. The quantitative estimate of drug-likeness (QED) is 0.886. The Balaban J connectivity index is 1.94. The lowest BCUT2D eigenvalue weighted by Crippen LogP contribution is -2.37. The molecule has 1 N–H and O–H groups in total. The van der Waals surface area contributed by atoms with Crippen molar-refractivity contribution < 1.29 is 4.79 Å². The van der Waals surface area contributed by atoms with Gasteiger partial charge < -0.3 is 5.32 Å². The molecule has 1 unspecified atom stereocenters. The standard InChI is InChI=1S/C15H19N3OS/c1-18(2)14(12-6-4-3-5-7-12)15(19)16-9-8-13-10-20-11-17-13/h3-7,10-11,14H,8-9H2,1-2H3,(H,16,19). The van der Waals surface area contributed by atoms with E-state index in [1.807, 2.05) is 60.2 Å². The molecule has 0 fully saturated rings. The topological polar surface area (TPSA) is 45.2 Å². The fraction of sp³-hybridized carbons (Fsp3) is 0.333. The summed E-state index contributed by atoms with van der Waals surface area (Å²) in [4.78, 5) is 18.5. The number of amides is 1. The SMILES string of the molecule is CN(C)C(C(=O)NCCc1cscn1)c1ccccc1. The number of nitrogens with one attached hydrogen (secondary N) is 1. The van der Waals surface area contributed by atoms with E-state index >= 15 is 0 Å². The first-order chi connectivity index (χ1) is 9.68. The van der Waals surface area contributed by atoms with Crippen LogP contribution in [0.3, 0.4) is 0 Å². The van der Waals surface area contributed by atoms with Gasteiger partial charge >= 0.3 is 0 Å². The van der Waals surface area contributed by atoms with Gasteiger partial charge in [-0.05, 0) is 19.7 Å². The monoisotopic (exact) mass is 289 g/mol. The molecule has 1 heterocycles. The van der Waals surface area contributed by atoms with E-state index in [1.54, 1.807) is 11.3 Å². The maximum absolute atomic E-state index is 12.3. The van der Waals surface area contributed by atoms with Gasteiger partial charge in [0.25, 0.3) is 0 Å². The molecule has 1 amide bonds. The first-order valence-electron chi connectivity index (χ1n) is 6.54. The van der Waals surface area contributed by atoms with E-state index in [9.17, 15) is 4.79 Å². The van der Waals surface area contributed by atoms with Crippen LogP contribution in [0.2, 0.25) is 0 Å². The molecule has 2 rings (SSSR count). The van der Waals surface area contributed by atoms with Gasteiger partial charge in [0.2, 0.25) is 5.91 Å². The molecule has 1 aromatic carbocycles. The maximum atomic E-state index is 12.3. The average Bonchev–Trinajstić information content (AvgIpc) is 2.93. The van der Waals surface area contributed by atoms with Crippen molar-refractivity contribution in [2.24, 2.45) is 0 Å². The zero-order chi connectivity index (χ0) is 14.4. The first-order valence-corrected chi connectivity index (χ1v) is 7.49. The van der Waals surface area contributed by atoms with Crippen LogP contribution in [0, 0.1) is 0 Å². The van der Waals surface area contributed by atoms with E-state index in [0.29, 0.717) is 6.54 Å². The summed E-state index contributed by atoms with van der Waals surface area (Å²) in [5.74, 6) is 0.0245. The number of likely N-dealkylation sites (N-methyl/N-ethyl adjacent to an activating group) is 1. The molecular formula is C15H19N3OS. The van der Waals surface area contributed by atoms with Crippen molar-refractivity contribution >= 4 is 17.2 Å². The molecule has 0 aliphatic rings. The highest BCUT2D eigenvalue weighted by molar-refractivity contribution is 7.07. The Bertz CT molecular complexity index is 525. The van der Waals surface area contributed by atoms with Gasteiger partial charge in [0, 0.05) is 18.3 Å². The summed E-state index contributed by atoms with van der Waals surface area (Å²) in [5.41, 5.74) is 3.84. The summed E-state index contributed by atoms with van der Waals surface area (Å²) in [6, 6.07) is 9.56. The van der Waals surface area contributed by atoms with Crippen LogP contribution in [0.25, 0.3) is 0 Å². The Morgan fingerprint density at radius 2 is 2.10 bits per heavy atom. The predicted octanol–water partition coefficient (Wildman–Crippen LogP) is 2.10. The van der Waals surface area contributed by atoms with Crippen molar-refractivity contribution in [1.82, 2.24) is 15.2 Å². The van der Waals surface area contributed by atoms with Gasteiger partial charge in [0.1, 0.15) is 6.04 Å². The van der Waals surface area contributed by atoms with Gasteiger partial charge in [-0.15, -0.1) is 11.3 Å². The maximum Gasteiger partial charge on any atom is 0.241 e. The number of benzene rings is 1. The summed E-state index contributed by atoms with van der Waals surface area (Å²) in [7, 11) is 3.83. The number of nitrogens with zero attached hydrogens (tertiary/aromatic N) is 2. The van der Waals surface area contributed by atoms with E-state index in [0.717, 1.165) is 17.7 Å².